The summed E-state index contributed by atoms with van der Waals surface area (Å²) in [7, 11) is -3.78. The van der Waals surface area contributed by atoms with Crippen LogP contribution in [-0.2, 0) is 15.8 Å². The minimum atomic E-state index is -3.84. The lowest BCUT2D eigenvalue weighted by Crippen LogP contribution is -2.41. The summed E-state index contributed by atoms with van der Waals surface area (Å²) in [6, 6.07) is 4.07. The van der Waals surface area contributed by atoms with E-state index in [9.17, 15) is 22.3 Å². The number of halogens is 3. The maximum atomic E-state index is 15.2. The number of alkyl halides is 2. The highest BCUT2D eigenvalue weighted by atomic mass is 32.2. The van der Waals surface area contributed by atoms with Gasteiger partial charge in [-0.15, -0.1) is 0 Å². The molecule has 11 heteroatoms. The van der Waals surface area contributed by atoms with Crippen LogP contribution >= 0.6 is 0 Å². The molecule has 2 heterocycles. The predicted octanol–water partition coefficient (Wildman–Crippen LogP) is 5.08. The summed E-state index contributed by atoms with van der Waals surface area (Å²) in [6.45, 7) is 9.67. The minimum absolute atomic E-state index is 0.0765. The fourth-order valence-electron chi connectivity index (χ4n) is 3.44. The van der Waals surface area contributed by atoms with E-state index in [1.165, 1.54) is 24.4 Å². The average molecular weight is 511 g/mol. The first-order valence-electron chi connectivity index (χ1n) is 10.9. The molecule has 0 saturated heterocycles. The first-order chi connectivity index (χ1) is 15.9. The second-order valence-corrected chi connectivity index (χ2v) is 12.6. The zero-order valence-electron chi connectivity index (χ0n) is 20.6. The van der Waals surface area contributed by atoms with Crippen LogP contribution < -0.4 is 5.32 Å². The van der Waals surface area contributed by atoms with Crippen molar-refractivity contribution in [2.45, 2.75) is 75.8 Å². The standard InChI is InChI=1S/C24H29F3N4O3S/c1-13(15-9-8-10-17(20(15)25)24(26,27)23(6,7)32)29-21-16-11-19(35(33,34)22(3,4)5)28-12-18(16)30-14(2)31-21/h8-13,32H,1-7H3,(H,29,30,31)/t13-/m1/s1. The van der Waals surface area contributed by atoms with Crippen molar-refractivity contribution in [1.29, 1.82) is 0 Å². The minimum Gasteiger partial charge on any atom is -0.384 e. The zero-order chi connectivity index (χ0) is 26.6. The van der Waals surface area contributed by atoms with Gasteiger partial charge >= 0.3 is 5.92 Å². The Bertz CT molecular complexity index is 1380. The van der Waals surface area contributed by atoms with E-state index in [1.807, 2.05) is 0 Å². The molecule has 0 aliphatic rings. The second-order valence-electron chi connectivity index (χ2n) is 9.98. The Morgan fingerprint density at radius 2 is 1.71 bits per heavy atom. The third-order valence-electron chi connectivity index (χ3n) is 5.71. The van der Waals surface area contributed by atoms with E-state index >= 15 is 4.39 Å². The molecule has 1 aromatic carbocycles. The second kappa shape index (κ2) is 8.70. The summed E-state index contributed by atoms with van der Waals surface area (Å²) in [6.07, 6.45) is 1.32. The molecule has 0 unspecified atom stereocenters. The number of sulfone groups is 1. The lowest BCUT2D eigenvalue weighted by molar-refractivity contribution is -0.170. The highest BCUT2D eigenvalue weighted by Crippen LogP contribution is 2.41. The maximum absolute atomic E-state index is 15.2. The number of nitrogens with zero attached hydrogens (tertiary/aromatic N) is 3. The fraction of sp³-hybridized carbons (Fsp3) is 0.458. The summed E-state index contributed by atoms with van der Waals surface area (Å²) in [5.74, 6) is -4.45. The van der Waals surface area contributed by atoms with Gasteiger partial charge in [0.1, 0.15) is 23.1 Å². The van der Waals surface area contributed by atoms with Gasteiger partial charge in [0, 0.05) is 10.9 Å². The number of aliphatic hydroxyl groups is 1. The van der Waals surface area contributed by atoms with E-state index in [4.69, 9.17) is 0 Å². The molecule has 7 nitrogen and oxygen atoms in total. The molecule has 3 rings (SSSR count). The molecule has 2 aromatic heterocycles. The van der Waals surface area contributed by atoms with Gasteiger partial charge in [-0.25, -0.2) is 27.8 Å². The monoisotopic (exact) mass is 510 g/mol. The topological polar surface area (TPSA) is 105 Å². The van der Waals surface area contributed by atoms with Gasteiger partial charge in [-0.05, 0) is 60.6 Å². The van der Waals surface area contributed by atoms with E-state index in [0.29, 0.717) is 16.7 Å². The first kappa shape index (κ1) is 26.8. The molecule has 1 atom stereocenters. The van der Waals surface area contributed by atoms with Gasteiger partial charge in [-0.1, -0.05) is 12.1 Å². The first-order valence-corrected chi connectivity index (χ1v) is 12.4. The fourth-order valence-corrected chi connectivity index (χ4v) is 4.53. The molecule has 0 fully saturated rings. The number of pyridine rings is 1. The van der Waals surface area contributed by atoms with E-state index in [2.05, 4.69) is 20.3 Å². The van der Waals surface area contributed by atoms with Crippen LogP contribution in [0.2, 0.25) is 0 Å². The zero-order valence-corrected chi connectivity index (χ0v) is 21.4. The van der Waals surface area contributed by atoms with Gasteiger partial charge in [-0.3, -0.25) is 0 Å². The molecule has 0 saturated carbocycles. The Kier molecular flexibility index (Phi) is 6.67. The molecule has 0 bridgehead atoms. The Morgan fingerprint density at radius 3 is 2.29 bits per heavy atom. The van der Waals surface area contributed by atoms with Crippen LogP contribution in [0.1, 0.15) is 64.5 Å². The smallest absolute Gasteiger partial charge is 0.303 e. The third-order valence-corrected chi connectivity index (χ3v) is 8.09. The predicted molar refractivity (Wildman–Crippen MR) is 128 cm³/mol. The summed E-state index contributed by atoms with van der Waals surface area (Å²) in [5, 5.41) is 13.0. The average Bonchev–Trinajstić information content (AvgIpc) is 2.71. The van der Waals surface area contributed by atoms with Crippen LogP contribution in [0.25, 0.3) is 10.9 Å². The number of aryl methyl sites for hydroxylation is 1. The third kappa shape index (κ3) is 4.84. The lowest BCUT2D eigenvalue weighted by Gasteiger charge is -2.30. The van der Waals surface area contributed by atoms with Crippen LogP contribution in [0.5, 0.6) is 0 Å². The summed E-state index contributed by atoms with van der Waals surface area (Å²) < 4.78 is 69.4. The molecule has 0 aliphatic heterocycles. The lowest BCUT2D eigenvalue weighted by atomic mass is 9.91. The van der Waals surface area contributed by atoms with Gasteiger partial charge in [0.15, 0.2) is 14.9 Å². The Hall–Kier alpha value is -2.79. The number of benzene rings is 1. The molecule has 35 heavy (non-hydrogen) atoms. The molecule has 0 aliphatic carbocycles. The van der Waals surface area contributed by atoms with Crippen molar-refractivity contribution in [3.05, 3.63) is 53.2 Å². The molecule has 2 N–H and O–H groups in total. The van der Waals surface area contributed by atoms with Crippen LogP contribution in [0.3, 0.4) is 0 Å². The number of aromatic nitrogens is 3. The largest absolute Gasteiger partial charge is 0.384 e. The summed E-state index contributed by atoms with van der Waals surface area (Å²) >= 11 is 0. The van der Waals surface area contributed by atoms with Gasteiger partial charge in [0.2, 0.25) is 0 Å². The van der Waals surface area contributed by atoms with Crippen molar-refractivity contribution >= 4 is 26.6 Å². The number of anilines is 1. The number of rotatable bonds is 6. The number of hydrogen-bond acceptors (Lipinski definition) is 7. The molecule has 3 aromatic rings. The number of hydrogen-bond donors (Lipinski definition) is 2. The Morgan fingerprint density at radius 1 is 1.09 bits per heavy atom. The van der Waals surface area contributed by atoms with E-state index in [0.717, 1.165) is 19.9 Å². The summed E-state index contributed by atoms with van der Waals surface area (Å²) in [5.41, 5.74) is -3.12. The molecule has 190 valence electrons. The van der Waals surface area contributed by atoms with Gasteiger partial charge < -0.3 is 10.4 Å². The molecular formula is C24H29F3N4O3S. The Labute approximate surface area is 202 Å². The van der Waals surface area contributed by atoms with Gasteiger partial charge in [0.25, 0.3) is 0 Å². The van der Waals surface area contributed by atoms with Crippen molar-refractivity contribution < 1.29 is 26.7 Å². The van der Waals surface area contributed by atoms with E-state index in [-0.39, 0.29) is 16.4 Å². The highest BCUT2D eigenvalue weighted by Gasteiger charge is 2.49. The highest BCUT2D eigenvalue weighted by molar-refractivity contribution is 7.92. The van der Waals surface area contributed by atoms with Crippen molar-refractivity contribution in [2.75, 3.05) is 5.32 Å². The van der Waals surface area contributed by atoms with Gasteiger partial charge in [0.05, 0.1) is 28.1 Å². The van der Waals surface area contributed by atoms with E-state index in [1.54, 1.807) is 34.6 Å². The normalized spacial score (nSPS) is 14.3. The number of fused-ring (bicyclic) bond motifs is 1. The van der Waals surface area contributed by atoms with Crippen molar-refractivity contribution in [1.82, 2.24) is 15.0 Å². The van der Waals surface area contributed by atoms with Crippen LogP contribution in [-0.4, -0.2) is 38.8 Å². The number of nitrogens with one attached hydrogen (secondary N) is 1. The summed E-state index contributed by atoms with van der Waals surface area (Å²) in [4.78, 5) is 12.7. The maximum Gasteiger partial charge on any atom is 0.303 e. The van der Waals surface area contributed by atoms with Crippen LogP contribution in [0.15, 0.2) is 35.5 Å². The quantitative estimate of drug-likeness (QED) is 0.476. The van der Waals surface area contributed by atoms with E-state index < -0.39 is 43.5 Å². The SMILES string of the molecule is Cc1nc(N[C@H](C)c2cccc(C(F)(F)C(C)(C)O)c2F)c2cc(S(=O)(=O)C(C)(C)C)ncc2n1. The molecule has 0 spiro atoms. The van der Waals surface area contributed by atoms with Crippen LogP contribution in [0.4, 0.5) is 19.0 Å². The molecular weight excluding hydrogens is 481 g/mol. The molecule has 0 amide bonds. The van der Waals surface area contributed by atoms with Crippen LogP contribution in [0, 0.1) is 12.7 Å². The van der Waals surface area contributed by atoms with Crippen molar-refractivity contribution in [3.8, 4) is 0 Å². The Balaban J connectivity index is 2.10. The van der Waals surface area contributed by atoms with Gasteiger partial charge in [-0.2, -0.15) is 8.78 Å². The molecule has 0 radical (unpaired) electrons. The van der Waals surface area contributed by atoms with Crippen molar-refractivity contribution in [3.63, 3.8) is 0 Å². The van der Waals surface area contributed by atoms with Crippen molar-refractivity contribution in [2.24, 2.45) is 0 Å².